The molecule has 27 heavy (non-hydrogen) atoms. The lowest BCUT2D eigenvalue weighted by atomic mass is 10.2. The number of hydrogen-bond donors (Lipinski definition) is 4. The van der Waals surface area contributed by atoms with Gasteiger partial charge in [0.2, 0.25) is 0 Å². The van der Waals surface area contributed by atoms with Gasteiger partial charge >= 0.3 is 6.03 Å². The first-order valence-electron chi connectivity index (χ1n) is 8.89. The van der Waals surface area contributed by atoms with Crippen LogP contribution in [0.5, 0.6) is 0 Å². The van der Waals surface area contributed by atoms with E-state index in [-0.39, 0.29) is 6.03 Å². The molecule has 0 bridgehead atoms. The number of nitrogens with zero attached hydrogens (tertiary/aromatic N) is 3. The molecule has 3 rings (SSSR count). The minimum absolute atomic E-state index is 0.354. The molecule has 5 N–H and O–H groups in total. The third-order valence-corrected chi connectivity index (χ3v) is 4.55. The Morgan fingerprint density at radius 2 is 1.93 bits per heavy atom. The number of benzene rings is 1. The molecule has 8 nitrogen and oxygen atoms in total. The van der Waals surface area contributed by atoms with Crippen LogP contribution in [0.2, 0.25) is 0 Å². The molecule has 0 spiro atoms. The number of piperazine rings is 1. The van der Waals surface area contributed by atoms with Crippen molar-refractivity contribution in [3.05, 3.63) is 53.7 Å². The van der Waals surface area contributed by atoms with Gasteiger partial charge in [0, 0.05) is 50.7 Å². The molecule has 2 amide bonds. The molecule has 0 saturated carbocycles. The number of carbonyl (C=O) groups is 1. The van der Waals surface area contributed by atoms with E-state index in [1.165, 1.54) is 0 Å². The number of nitrogen functional groups attached to an aromatic ring is 1. The molecule has 0 radical (unpaired) electrons. The Bertz CT molecular complexity index is 801. The molecule has 0 aliphatic carbocycles. The van der Waals surface area contributed by atoms with Crippen LogP contribution in [0.25, 0.3) is 0 Å². The zero-order valence-corrected chi connectivity index (χ0v) is 15.4. The van der Waals surface area contributed by atoms with Crippen LogP contribution in [0.3, 0.4) is 0 Å². The molecule has 1 aromatic heterocycles. The summed E-state index contributed by atoms with van der Waals surface area (Å²) in [5.41, 5.74) is 8.12. The van der Waals surface area contributed by atoms with Crippen LogP contribution in [-0.4, -0.2) is 59.9 Å². The van der Waals surface area contributed by atoms with Gasteiger partial charge in [-0.1, -0.05) is 30.3 Å². The number of nitrogens with two attached hydrogens (primary N) is 1. The van der Waals surface area contributed by atoms with Gasteiger partial charge in [-0.05, 0) is 12.6 Å². The monoisotopic (exact) mass is 367 g/mol. The maximum atomic E-state index is 12.0. The van der Waals surface area contributed by atoms with Gasteiger partial charge in [0.05, 0.1) is 5.56 Å². The topological polar surface area (TPSA) is 110 Å². The van der Waals surface area contributed by atoms with E-state index < -0.39 is 0 Å². The summed E-state index contributed by atoms with van der Waals surface area (Å²) in [5.74, 6) is 0.723. The summed E-state index contributed by atoms with van der Waals surface area (Å²) in [6.45, 7) is 3.83. The number of aromatic nitrogens is 1. The Balaban J connectivity index is 1.57. The van der Waals surface area contributed by atoms with Crippen LogP contribution in [0.1, 0.15) is 11.1 Å². The Morgan fingerprint density at radius 3 is 2.59 bits per heavy atom. The van der Waals surface area contributed by atoms with Gasteiger partial charge in [0.1, 0.15) is 11.7 Å². The van der Waals surface area contributed by atoms with E-state index in [2.05, 4.69) is 27.6 Å². The molecule has 142 valence electrons. The van der Waals surface area contributed by atoms with Crippen LogP contribution < -0.4 is 16.4 Å². The summed E-state index contributed by atoms with van der Waals surface area (Å²) >= 11 is 0. The third-order valence-electron chi connectivity index (χ3n) is 4.55. The van der Waals surface area contributed by atoms with Gasteiger partial charge in [0.25, 0.3) is 0 Å². The number of likely N-dealkylation sites (N-methyl/N-ethyl adjacent to an activating group) is 1. The van der Waals surface area contributed by atoms with Gasteiger partial charge < -0.3 is 20.9 Å². The van der Waals surface area contributed by atoms with Crippen LogP contribution >= 0.6 is 0 Å². The molecule has 2 aromatic rings. The second-order valence-corrected chi connectivity index (χ2v) is 6.59. The Kier molecular flexibility index (Phi) is 5.87. The number of amides is 2. The van der Waals surface area contributed by atoms with E-state index in [1.807, 2.05) is 35.2 Å². The second-order valence-electron chi connectivity index (χ2n) is 6.59. The van der Waals surface area contributed by atoms with Crippen molar-refractivity contribution in [2.24, 2.45) is 0 Å². The summed E-state index contributed by atoms with van der Waals surface area (Å²) in [4.78, 5) is 20.5. The van der Waals surface area contributed by atoms with E-state index in [0.29, 0.717) is 29.4 Å². The second kappa shape index (κ2) is 8.50. The third kappa shape index (κ3) is 4.95. The summed E-state index contributed by atoms with van der Waals surface area (Å²) in [6.07, 6.45) is 1.54. The number of urea groups is 1. The normalized spacial score (nSPS) is 14.6. The Labute approximate surface area is 158 Å². The number of carbonyl (C=O) groups excluding carboxylic acids is 1. The first kappa shape index (κ1) is 18.7. The average Bonchev–Trinajstić information content (AvgIpc) is 2.67. The van der Waals surface area contributed by atoms with Crippen molar-refractivity contribution in [2.45, 2.75) is 6.54 Å². The van der Waals surface area contributed by atoms with Gasteiger partial charge in [-0.3, -0.25) is 10.7 Å². The molecular weight excluding hydrogens is 342 g/mol. The highest BCUT2D eigenvalue weighted by Crippen LogP contribution is 2.18. The molecule has 0 unspecified atom stereocenters. The standard InChI is InChI=1S/C19H25N7O/c1-25-7-9-26(10-8-25)18(21)15-13-22-17(11-16(15)20)24-19(27)23-12-14-5-3-2-4-6-14/h2-6,11,13,21H,7-10,12H2,1H3,(H4,20,22,23,24,27). The van der Waals surface area contributed by atoms with Crippen molar-refractivity contribution in [1.29, 1.82) is 5.41 Å². The number of hydrogen-bond acceptors (Lipinski definition) is 5. The predicted molar refractivity (Wildman–Crippen MR) is 107 cm³/mol. The fraction of sp³-hybridized carbons (Fsp3) is 0.316. The predicted octanol–water partition coefficient (Wildman–Crippen LogP) is 1.56. The highest BCUT2D eigenvalue weighted by molar-refractivity contribution is 6.01. The lowest BCUT2D eigenvalue weighted by Crippen LogP contribution is -2.47. The number of anilines is 2. The fourth-order valence-corrected chi connectivity index (χ4v) is 2.88. The zero-order chi connectivity index (χ0) is 19.2. The smallest absolute Gasteiger partial charge is 0.320 e. The molecule has 1 aliphatic rings. The number of nitrogens with one attached hydrogen (secondary N) is 3. The maximum Gasteiger partial charge on any atom is 0.320 e. The quantitative estimate of drug-likeness (QED) is 0.484. The molecule has 1 aromatic carbocycles. The van der Waals surface area contributed by atoms with E-state index in [4.69, 9.17) is 11.1 Å². The Morgan fingerprint density at radius 1 is 1.22 bits per heavy atom. The molecule has 1 fully saturated rings. The minimum Gasteiger partial charge on any atom is -0.398 e. The van der Waals surface area contributed by atoms with Crippen LogP contribution in [0.15, 0.2) is 42.6 Å². The summed E-state index contributed by atoms with van der Waals surface area (Å²) < 4.78 is 0. The Hall–Kier alpha value is -3.13. The van der Waals surface area contributed by atoms with Crippen molar-refractivity contribution in [1.82, 2.24) is 20.1 Å². The summed E-state index contributed by atoms with van der Waals surface area (Å²) in [5, 5.41) is 13.8. The van der Waals surface area contributed by atoms with Crippen LogP contribution in [0, 0.1) is 5.41 Å². The SMILES string of the molecule is CN1CCN(C(=N)c2cnc(NC(=O)NCc3ccccc3)cc2N)CC1. The average molecular weight is 367 g/mol. The minimum atomic E-state index is -0.354. The number of amidine groups is 1. The molecule has 0 atom stereocenters. The van der Waals surface area contributed by atoms with Crippen molar-refractivity contribution >= 4 is 23.4 Å². The molecule has 1 saturated heterocycles. The van der Waals surface area contributed by atoms with E-state index in [1.54, 1.807) is 12.3 Å². The van der Waals surface area contributed by atoms with Crippen LogP contribution in [-0.2, 0) is 6.54 Å². The molecular formula is C19H25N7O. The lowest BCUT2D eigenvalue weighted by molar-refractivity contribution is 0.215. The largest absolute Gasteiger partial charge is 0.398 e. The van der Waals surface area contributed by atoms with Gasteiger partial charge in [-0.15, -0.1) is 0 Å². The van der Waals surface area contributed by atoms with Gasteiger partial charge in [-0.25, -0.2) is 9.78 Å². The highest BCUT2D eigenvalue weighted by Gasteiger charge is 2.19. The van der Waals surface area contributed by atoms with Crippen molar-refractivity contribution < 1.29 is 4.79 Å². The van der Waals surface area contributed by atoms with Gasteiger partial charge in [0.15, 0.2) is 0 Å². The van der Waals surface area contributed by atoms with E-state index in [0.717, 1.165) is 31.7 Å². The maximum absolute atomic E-state index is 12.0. The first-order chi connectivity index (χ1) is 13.0. The highest BCUT2D eigenvalue weighted by atomic mass is 16.2. The number of pyridine rings is 1. The first-order valence-corrected chi connectivity index (χ1v) is 8.89. The fourth-order valence-electron chi connectivity index (χ4n) is 2.88. The lowest BCUT2D eigenvalue weighted by Gasteiger charge is -2.34. The number of rotatable bonds is 4. The molecule has 8 heteroatoms. The van der Waals surface area contributed by atoms with Gasteiger partial charge in [-0.2, -0.15) is 0 Å². The van der Waals surface area contributed by atoms with Crippen molar-refractivity contribution in [2.75, 3.05) is 44.3 Å². The van der Waals surface area contributed by atoms with E-state index in [9.17, 15) is 4.79 Å². The van der Waals surface area contributed by atoms with Crippen molar-refractivity contribution in [3.63, 3.8) is 0 Å². The van der Waals surface area contributed by atoms with E-state index >= 15 is 0 Å². The zero-order valence-electron chi connectivity index (χ0n) is 15.4. The summed E-state index contributed by atoms with van der Waals surface area (Å²) in [6, 6.07) is 10.9. The van der Waals surface area contributed by atoms with Crippen molar-refractivity contribution in [3.8, 4) is 0 Å². The molecule has 2 heterocycles. The summed E-state index contributed by atoms with van der Waals surface area (Å²) in [7, 11) is 2.07. The van der Waals surface area contributed by atoms with Crippen LogP contribution in [0.4, 0.5) is 16.3 Å². The molecule has 1 aliphatic heterocycles.